The lowest BCUT2D eigenvalue weighted by molar-refractivity contribution is 0.208. The van der Waals surface area contributed by atoms with E-state index in [1.54, 1.807) is 0 Å². The van der Waals surface area contributed by atoms with Crippen LogP contribution in [-0.4, -0.2) is 17.3 Å². The Labute approximate surface area is 89.7 Å². The first-order valence-electron chi connectivity index (χ1n) is 4.59. The Morgan fingerprint density at radius 1 is 1.50 bits per heavy atom. The zero-order valence-electron chi connectivity index (χ0n) is 8.55. The highest BCUT2D eigenvalue weighted by molar-refractivity contribution is 6.31. The number of aliphatic hydroxyl groups is 1. The third kappa shape index (κ3) is 2.98. The zero-order chi connectivity index (χ0) is 10.8. The van der Waals surface area contributed by atoms with Gasteiger partial charge in [0, 0.05) is 10.6 Å². The average Bonchev–Trinajstić information content (AvgIpc) is 2.10. The molecular weight excluding hydrogens is 198 g/mol. The molecule has 1 aromatic rings. The number of rotatable bonds is 3. The van der Waals surface area contributed by atoms with Gasteiger partial charge in [0.1, 0.15) is 0 Å². The van der Waals surface area contributed by atoms with Crippen LogP contribution in [0.1, 0.15) is 18.1 Å². The van der Waals surface area contributed by atoms with E-state index < -0.39 is 5.54 Å². The van der Waals surface area contributed by atoms with Crippen molar-refractivity contribution in [1.29, 1.82) is 0 Å². The van der Waals surface area contributed by atoms with Gasteiger partial charge in [0.05, 0.1) is 6.61 Å². The Balaban J connectivity index is 2.87. The molecule has 3 heteroatoms. The standard InChI is InChI=1S/C11H16ClNO/c1-8-3-4-9(10(12)5-8)6-11(2,13)7-14/h3-5,14H,6-7,13H2,1-2H3. The highest BCUT2D eigenvalue weighted by Gasteiger charge is 2.18. The van der Waals surface area contributed by atoms with E-state index in [9.17, 15) is 0 Å². The lowest BCUT2D eigenvalue weighted by Crippen LogP contribution is -2.42. The minimum absolute atomic E-state index is 0.0444. The predicted octanol–water partition coefficient (Wildman–Crippen LogP) is 1.90. The van der Waals surface area contributed by atoms with Crippen molar-refractivity contribution in [2.45, 2.75) is 25.8 Å². The van der Waals surface area contributed by atoms with Gasteiger partial charge in [0.15, 0.2) is 0 Å². The molecule has 14 heavy (non-hydrogen) atoms. The molecule has 0 fully saturated rings. The van der Waals surface area contributed by atoms with E-state index in [1.165, 1.54) is 0 Å². The molecular formula is C11H16ClNO. The number of aryl methyl sites for hydroxylation is 1. The molecule has 1 atom stereocenters. The van der Waals surface area contributed by atoms with Gasteiger partial charge in [-0.3, -0.25) is 0 Å². The fourth-order valence-corrected chi connectivity index (χ4v) is 1.59. The summed E-state index contributed by atoms with van der Waals surface area (Å²) in [6.45, 7) is 3.75. The molecule has 1 rings (SSSR count). The average molecular weight is 214 g/mol. The summed E-state index contributed by atoms with van der Waals surface area (Å²) < 4.78 is 0. The van der Waals surface area contributed by atoms with Crippen LogP contribution in [0.4, 0.5) is 0 Å². The van der Waals surface area contributed by atoms with Crippen molar-refractivity contribution < 1.29 is 5.11 Å². The van der Waals surface area contributed by atoms with Gasteiger partial charge >= 0.3 is 0 Å². The monoisotopic (exact) mass is 213 g/mol. The van der Waals surface area contributed by atoms with Crippen molar-refractivity contribution in [1.82, 2.24) is 0 Å². The molecule has 0 aliphatic rings. The van der Waals surface area contributed by atoms with E-state index in [1.807, 2.05) is 32.0 Å². The summed E-state index contributed by atoms with van der Waals surface area (Å²) in [4.78, 5) is 0. The van der Waals surface area contributed by atoms with Crippen molar-refractivity contribution in [3.05, 3.63) is 34.3 Å². The highest BCUT2D eigenvalue weighted by Crippen LogP contribution is 2.21. The molecule has 2 nitrogen and oxygen atoms in total. The number of halogens is 1. The molecule has 0 aliphatic carbocycles. The molecule has 1 aromatic carbocycles. The zero-order valence-corrected chi connectivity index (χ0v) is 9.30. The van der Waals surface area contributed by atoms with Crippen LogP contribution >= 0.6 is 11.6 Å². The number of aliphatic hydroxyl groups excluding tert-OH is 1. The summed E-state index contributed by atoms with van der Waals surface area (Å²) in [5.41, 5.74) is 7.36. The van der Waals surface area contributed by atoms with Gasteiger partial charge in [0.2, 0.25) is 0 Å². The first-order chi connectivity index (χ1) is 6.44. The largest absolute Gasteiger partial charge is 0.394 e. The van der Waals surface area contributed by atoms with Crippen molar-refractivity contribution in [3.63, 3.8) is 0 Å². The third-order valence-corrected chi connectivity index (χ3v) is 2.52. The Hall–Kier alpha value is -0.570. The van der Waals surface area contributed by atoms with Crippen molar-refractivity contribution in [2.75, 3.05) is 6.61 Å². The molecule has 1 unspecified atom stereocenters. The van der Waals surface area contributed by atoms with Crippen LogP contribution in [0.5, 0.6) is 0 Å². The molecule has 0 radical (unpaired) electrons. The maximum absolute atomic E-state index is 9.03. The topological polar surface area (TPSA) is 46.2 Å². The quantitative estimate of drug-likeness (QED) is 0.806. The smallest absolute Gasteiger partial charge is 0.0611 e. The van der Waals surface area contributed by atoms with Crippen molar-refractivity contribution in [2.24, 2.45) is 5.73 Å². The molecule has 78 valence electrons. The third-order valence-electron chi connectivity index (χ3n) is 2.16. The second-order valence-electron chi connectivity index (χ2n) is 4.08. The van der Waals surface area contributed by atoms with E-state index in [4.69, 9.17) is 22.4 Å². The normalized spacial score (nSPS) is 15.2. The van der Waals surface area contributed by atoms with E-state index in [0.717, 1.165) is 16.1 Å². The minimum Gasteiger partial charge on any atom is -0.394 e. The van der Waals surface area contributed by atoms with Crippen LogP contribution in [-0.2, 0) is 6.42 Å². The van der Waals surface area contributed by atoms with Gasteiger partial charge in [-0.1, -0.05) is 23.7 Å². The maximum Gasteiger partial charge on any atom is 0.0611 e. The molecule has 0 saturated heterocycles. The first-order valence-corrected chi connectivity index (χ1v) is 4.97. The van der Waals surface area contributed by atoms with Gasteiger partial charge in [-0.2, -0.15) is 0 Å². The molecule has 3 N–H and O–H groups in total. The fraction of sp³-hybridized carbons (Fsp3) is 0.455. The van der Waals surface area contributed by atoms with Gasteiger partial charge in [-0.15, -0.1) is 0 Å². The van der Waals surface area contributed by atoms with E-state index in [2.05, 4.69) is 0 Å². The summed E-state index contributed by atoms with van der Waals surface area (Å²) in [7, 11) is 0. The molecule has 0 amide bonds. The molecule has 0 heterocycles. The fourth-order valence-electron chi connectivity index (χ4n) is 1.29. The van der Waals surface area contributed by atoms with Crippen LogP contribution < -0.4 is 5.73 Å². The minimum atomic E-state index is -0.598. The first kappa shape index (κ1) is 11.5. The Morgan fingerprint density at radius 3 is 2.64 bits per heavy atom. The lowest BCUT2D eigenvalue weighted by atomic mass is 9.94. The summed E-state index contributed by atoms with van der Waals surface area (Å²) in [5, 5.41) is 9.75. The van der Waals surface area contributed by atoms with Crippen LogP contribution in [0.15, 0.2) is 18.2 Å². The predicted molar refractivity (Wildman–Crippen MR) is 59.6 cm³/mol. The number of hydrogen-bond acceptors (Lipinski definition) is 2. The second-order valence-corrected chi connectivity index (χ2v) is 4.49. The maximum atomic E-state index is 9.03. The highest BCUT2D eigenvalue weighted by atomic mass is 35.5. The Bertz CT molecular complexity index is 323. The van der Waals surface area contributed by atoms with Crippen LogP contribution in [0.25, 0.3) is 0 Å². The summed E-state index contributed by atoms with van der Waals surface area (Å²) in [6, 6.07) is 5.86. The van der Waals surface area contributed by atoms with Gasteiger partial charge in [-0.25, -0.2) is 0 Å². The summed E-state index contributed by atoms with van der Waals surface area (Å²) in [5.74, 6) is 0. The van der Waals surface area contributed by atoms with Gasteiger partial charge < -0.3 is 10.8 Å². The van der Waals surface area contributed by atoms with Crippen molar-refractivity contribution >= 4 is 11.6 Å². The molecule has 0 aliphatic heterocycles. The van der Waals surface area contributed by atoms with Crippen LogP contribution in [0, 0.1) is 6.92 Å². The van der Waals surface area contributed by atoms with Crippen LogP contribution in [0.2, 0.25) is 5.02 Å². The molecule has 0 bridgehead atoms. The van der Waals surface area contributed by atoms with Gasteiger partial charge in [-0.05, 0) is 37.5 Å². The molecule has 0 saturated carbocycles. The summed E-state index contributed by atoms with van der Waals surface area (Å²) in [6.07, 6.45) is 0.586. The number of benzene rings is 1. The lowest BCUT2D eigenvalue weighted by Gasteiger charge is -2.22. The van der Waals surface area contributed by atoms with E-state index in [0.29, 0.717) is 6.42 Å². The second kappa shape index (κ2) is 4.30. The SMILES string of the molecule is Cc1ccc(CC(C)(N)CO)c(Cl)c1. The Kier molecular flexibility index (Phi) is 3.53. The Morgan fingerprint density at radius 2 is 2.14 bits per heavy atom. The molecule has 0 aromatic heterocycles. The van der Waals surface area contributed by atoms with Crippen LogP contribution in [0.3, 0.4) is 0 Å². The molecule has 0 spiro atoms. The number of hydrogen-bond donors (Lipinski definition) is 2. The van der Waals surface area contributed by atoms with E-state index >= 15 is 0 Å². The van der Waals surface area contributed by atoms with Gasteiger partial charge in [0.25, 0.3) is 0 Å². The number of nitrogens with two attached hydrogens (primary N) is 1. The van der Waals surface area contributed by atoms with E-state index in [-0.39, 0.29) is 6.61 Å². The summed E-state index contributed by atoms with van der Waals surface area (Å²) >= 11 is 6.06. The van der Waals surface area contributed by atoms with Crippen molar-refractivity contribution in [3.8, 4) is 0 Å².